The van der Waals surface area contributed by atoms with E-state index in [1.54, 1.807) is 7.11 Å². The number of carbonyl (C=O) groups excluding carboxylic acids is 1. The summed E-state index contributed by atoms with van der Waals surface area (Å²) in [5.74, 6) is 0.395. The number of hydrogen-bond acceptors (Lipinski definition) is 3. The predicted molar refractivity (Wildman–Crippen MR) is 79.8 cm³/mol. The van der Waals surface area contributed by atoms with Gasteiger partial charge >= 0.3 is 0 Å². The molecular formula is C16H23N3O2. The van der Waals surface area contributed by atoms with Crippen molar-refractivity contribution >= 4 is 5.91 Å². The first kappa shape index (κ1) is 14.3. The van der Waals surface area contributed by atoms with Gasteiger partial charge in [-0.05, 0) is 25.7 Å². The first-order chi connectivity index (χ1) is 10.2. The molecule has 3 rings (SSSR count). The quantitative estimate of drug-likeness (QED) is 0.855. The molecule has 5 heteroatoms. The minimum absolute atomic E-state index is 0.187. The molecule has 0 saturated carbocycles. The van der Waals surface area contributed by atoms with Gasteiger partial charge in [0.05, 0.1) is 25.2 Å². The van der Waals surface area contributed by atoms with E-state index < -0.39 is 0 Å². The molecule has 0 fully saturated rings. The van der Waals surface area contributed by atoms with Gasteiger partial charge in [-0.3, -0.25) is 4.79 Å². The number of nitrogens with zero attached hydrogens (tertiary/aromatic N) is 3. The standard InChI is InChI=1S/C16H23N3O2/c1-18-11-17-14-9-19(8-13(10-21-2)15(14)18)16(20)12-6-4-3-5-7-12/h6,11,13H,3-5,7-10H2,1-2H3/t13-/m0/s1. The number of fused-ring (bicyclic) bond motifs is 1. The molecule has 2 heterocycles. The van der Waals surface area contributed by atoms with E-state index in [0.717, 1.165) is 37.1 Å². The van der Waals surface area contributed by atoms with Crippen molar-refractivity contribution < 1.29 is 9.53 Å². The van der Waals surface area contributed by atoms with Crippen LogP contribution in [0.5, 0.6) is 0 Å². The number of hydrogen-bond donors (Lipinski definition) is 0. The second-order valence-corrected chi connectivity index (χ2v) is 6.00. The molecule has 1 aromatic heterocycles. The molecule has 0 bridgehead atoms. The van der Waals surface area contributed by atoms with Crippen LogP contribution < -0.4 is 0 Å². The van der Waals surface area contributed by atoms with E-state index in [0.29, 0.717) is 13.2 Å². The van der Waals surface area contributed by atoms with Crippen molar-refractivity contribution in [3.8, 4) is 0 Å². The molecule has 0 N–H and O–H groups in total. The third kappa shape index (κ3) is 2.75. The Morgan fingerprint density at radius 1 is 1.48 bits per heavy atom. The van der Waals surface area contributed by atoms with E-state index in [4.69, 9.17) is 4.74 Å². The molecule has 0 saturated heterocycles. The minimum Gasteiger partial charge on any atom is -0.384 e. The zero-order chi connectivity index (χ0) is 14.8. The maximum atomic E-state index is 12.7. The topological polar surface area (TPSA) is 47.4 Å². The summed E-state index contributed by atoms with van der Waals surface area (Å²) >= 11 is 0. The highest BCUT2D eigenvalue weighted by molar-refractivity contribution is 5.93. The van der Waals surface area contributed by atoms with Crippen LogP contribution in [0.4, 0.5) is 0 Å². The summed E-state index contributed by atoms with van der Waals surface area (Å²) in [7, 11) is 3.72. The van der Waals surface area contributed by atoms with Crippen molar-refractivity contribution in [2.24, 2.45) is 7.05 Å². The summed E-state index contributed by atoms with van der Waals surface area (Å²) in [6.07, 6.45) is 8.23. The number of imidazole rings is 1. The molecule has 1 aliphatic heterocycles. The Morgan fingerprint density at radius 3 is 3.05 bits per heavy atom. The number of carbonyl (C=O) groups is 1. The van der Waals surface area contributed by atoms with Crippen LogP contribution in [0.2, 0.25) is 0 Å². The highest BCUT2D eigenvalue weighted by Gasteiger charge is 2.32. The number of amides is 1. The molecule has 1 atom stereocenters. The first-order valence-electron chi connectivity index (χ1n) is 7.68. The Morgan fingerprint density at radius 2 is 2.33 bits per heavy atom. The highest BCUT2D eigenvalue weighted by Crippen LogP contribution is 2.29. The van der Waals surface area contributed by atoms with Crippen molar-refractivity contribution in [2.75, 3.05) is 20.3 Å². The van der Waals surface area contributed by atoms with Crippen molar-refractivity contribution in [1.29, 1.82) is 0 Å². The normalized spacial score (nSPS) is 21.9. The Kier molecular flexibility index (Phi) is 4.10. The monoisotopic (exact) mass is 289 g/mol. The summed E-state index contributed by atoms with van der Waals surface area (Å²) in [6.45, 7) is 1.96. The van der Waals surface area contributed by atoms with Crippen LogP contribution in [-0.4, -0.2) is 40.6 Å². The Hall–Kier alpha value is -1.62. The van der Waals surface area contributed by atoms with Crippen molar-refractivity contribution in [2.45, 2.75) is 38.1 Å². The van der Waals surface area contributed by atoms with E-state index in [9.17, 15) is 4.79 Å². The lowest BCUT2D eigenvalue weighted by Crippen LogP contribution is -2.41. The number of methoxy groups -OCH3 is 1. The first-order valence-corrected chi connectivity index (χ1v) is 7.68. The number of rotatable bonds is 3. The smallest absolute Gasteiger partial charge is 0.249 e. The molecule has 5 nitrogen and oxygen atoms in total. The molecule has 1 aromatic rings. The van der Waals surface area contributed by atoms with Crippen LogP contribution >= 0.6 is 0 Å². The van der Waals surface area contributed by atoms with Crippen LogP contribution in [0.1, 0.15) is 43.0 Å². The Bertz CT molecular complexity index is 562. The van der Waals surface area contributed by atoms with E-state index in [1.807, 2.05) is 18.3 Å². The number of aromatic nitrogens is 2. The molecule has 0 unspecified atom stereocenters. The van der Waals surface area contributed by atoms with Gasteiger partial charge in [-0.15, -0.1) is 0 Å². The van der Waals surface area contributed by atoms with Gasteiger partial charge in [0.1, 0.15) is 0 Å². The van der Waals surface area contributed by atoms with Gasteiger partial charge in [0.15, 0.2) is 0 Å². The van der Waals surface area contributed by atoms with Crippen LogP contribution in [0.15, 0.2) is 18.0 Å². The fraction of sp³-hybridized carbons (Fsp3) is 0.625. The Balaban J connectivity index is 1.82. The maximum absolute atomic E-state index is 12.7. The van der Waals surface area contributed by atoms with Crippen LogP contribution in [0.25, 0.3) is 0 Å². The van der Waals surface area contributed by atoms with Gasteiger partial charge in [-0.25, -0.2) is 4.98 Å². The molecule has 0 radical (unpaired) electrons. The minimum atomic E-state index is 0.187. The second-order valence-electron chi connectivity index (χ2n) is 6.00. The number of allylic oxidation sites excluding steroid dienone is 1. The summed E-state index contributed by atoms with van der Waals surface area (Å²) in [5, 5.41) is 0. The molecule has 1 aliphatic carbocycles. The SMILES string of the molecule is COC[C@@H]1CN(C(=O)C2=CCCCC2)Cc2ncn(C)c21. The van der Waals surface area contributed by atoms with Gasteiger partial charge in [0.2, 0.25) is 5.91 Å². The molecule has 1 amide bonds. The van der Waals surface area contributed by atoms with Crippen molar-refractivity contribution in [3.05, 3.63) is 29.4 Å². The Labute approximate surface area is 125 Å². The van der Waals surface area contributed by atoms with Gasteiger partial charge in [0, 0.05) is 37.9 Å². The van der Waals surface area contributed by atoms with Crippen molar-refractivity contribution in [3.63, 3.8) is 0 Å². The third-order valence-corrected chi connectivity index (χ3v) is 4.45. The molecule has 0 aromatic carbocycles. The fourth-order valence-corrected chi connectivity index (χ4v) is 3.45. The zero-order valence-corrected chi connectivity index (χ0v) is 12.8. The van der Waals surface area contributed by atoms with Crippen molar-refractivity contribution in [1.82, 2.24) is 14.5 Å². The lowest BCUT2D eigenvalue weighted by Gasteiger charge is -2.33. The second kappa shape index (κ2) is 6.02. The van der Waals surface area contributed by atoms with E-state index in [-0.39, 0.29) is 11.8 Å². The predicted octanol–water partition coefficient (Wildman–Crippen LogP) is 1.99. The lowest BCUT2D eigenvalue weighted by molar-refractivity contribution is -0.129. The van der Waals surface area contributed by atoms with Crippen LogP contribution in [-0.2, 0) is 23.1 Å². The molecule has 21 heavy (non-hydrogen) atoms. The number of aryl methyl sites for hydroxylation is 1. The zero-order valence-electron chi connectivity index (χ0n) is 12.8. The average molecular weight is 289 g/mol. The highest BCUT2D eigenvalue weighted by atomic mass is 16.5. The summed E-state index contributed by atoms with van der Waals surface area (Å²) < 4.78 is 7.40. The van der Waals surface area contributed by atoms with E-state index in [2.05, 4.69) is 15.6 Å². The molecule has 114 valence electrons. The largest absolute Gasteiger partial charge is 0.384 e. The van der Waals surface area contributed by atoms with Gasteiger partial charge < -0.3 is 14.2 Å². The summed E-state index contributed by atoms with van der Waals surface area (Å²) in [6, 6.07) is 0. The maximum Gasteiger partial charge on any atom is 0.249 e. The number of ether oxygens (including phenoxy) is 1. The summed E-state index contributed by atoms with van der Waals surface area (Å²) in [5.41, 5.74) is 3.20. The summed E-state index contributed by atoms with van der Waals surface area (Å²) in [4.78, 5) is 19.1. The fourth-order valence-electron chi connectivity index (χ4n) is 3.45. The van der Waals surface area contributed by atoms with Gasteiger partial charge in [-0.1, -0.05) is 6.08 Å². The average Bonchev–Trinajstić information content (AvgIpc) is 2.89. The van der Waals surface area contributed by atoms with E-state index >= 15 is 0 Å². The van der Waals surface area contributed by atoms with Gasteiger partial charge in [-0.2, -0.15) is 0 Å². The van der Waals surface area contributed by atoms with Crippen LogP contribution in [0.3, 0.4) is 0 Å². The van der Waals surface area contributed by atoms with Gasteiger partial charge in [0.25, 0.3) is 0 Å². The molecule has 2 aliphatic rings. The lowest BCUT2D eigenvalue weighted by atomic mass is 9.95. The van der Waals surface area contributed by atoms with E-state index in [1.165, 1.54) is 12.1 Å². The third-order valence-electron chi connectivity index (χ3n) is 4.45. The van der Waals surface area contributed by atoms with Crippen LogP contribution in [0, 0.1) is 0 Å². The molecular weight excluding hydrogens is 266 g/mol. The molecule has 0 spiro atoms.